The summed E-state index contributed by atoms with van der Waals surface area (Å²) in [4.78, 5) is 24.8. The molecule has 156 valence electrons. The number of anilines is 1. The van der Waals surface area contributed by atoms with Crippen molar-refractivity contribution < 1.29 is 22.7 Å². The lowest BCUT2D eigenvalue weighted by Crippen LogP contribution is -2.43. The second-order valence-corrected chi connectivity index (χ2v) is 9.99. The van der Waals surface area contributed by atoms with Crippen LogP contribution < -0.4 is 5.32 Å². The summed E-state index contributed by atoms with van der Waals surface area (Å²) in [6.45, 7) is 4.38. The van der Waals surface area contributed by atoms with Gasteiger partial charge in [-0.3, -0.25) is 4.79 Å². The quantitative estimate of drug-likeness (QED) is 0.702. The van der Waals surface area contributed by atoms with Crippen LogP contribution >= 0.6 is 11.3 Å². The highest BCUT2D eigenvalue weighted by Gasteiger charge is 2.34. The number of amides is 1. The Morgan fingerprint density at radius 1 is 1.31 bits per heavy atom. The number of benzene rings is 1. The smallest absolute Gasteiger partial charge is 0.338 e. The largest absolute Gasteiger partial charge is 0.462 e. The van der Waals surface area contributed by atoms with Crippen molar-refractivity contribution >= 4 is 38.9 Å². The molecule has 0 aliphatic carbocycles. The summed E-state index contributed by atoms with van der Waals surface area (Å²) in [6, 6.07) is 8.27. The highest BCUT2D eigenvalue weighted by molar-refractivity contribution is 7.91. The molecule has 1 atom stereocenters. The Morgan fingerprint density at radius 2 is 2.10 bits per heavy atom. The Kier molecular flexibility index (Phi) is 6.71. The van der Waals surface area contributed by atoms with E-state index in [1.807, 2.05) is 6.92 Å². The fourth-order valence-electron chi connectivity index (χ4n) is 3.25. The van der Waals surface area contributed by atoms with Gasteiger partial charge in [-0.15, -0.1) is 11.3 Å². The normalized spacial score (nSPS) is 17.7. The second kappa shape index (κ2) is 9.06. The van der Waals surface area contributed by atoms with Crippen LogP contribution in [0.2, 0.25) is 0 Å². The van der Waals surface area contributed by atoms with Crippen LogP contribution in [0.3, 0.4) is 0 Å². The van der Waals surface area contributed by atoms with E-state index in [9.17, 15) is 18.0 Å². The Balaban J connectivity index is 1.72. The van der Waals surface area contributed by atoms with Crippen LogP contribution in [0.25, 0.3) is 0 Å². The number of hydrogen-bond donors (Lipinski definition) is 1. The zero-order valence-corrected chi connectivity index (χ0v) is 18.0. The molecule has 1 N–H and O–H groups in total. The van der Waals surface area contributed by atoms with Crippen LogP contribution in [-0.2, 0) is 19.6 Å². The Hall–Kier alpha value is -2.23. The number of ether oxygens (including phenoxy) is 1. The average Bonchev–Trinajstić information content (AvgIpc) is 3.25. The fourth-order valence-corrected chi connectivity index (χ4v) is 5.91. The number of thiophene rings is 1. The van der Waals surface area contributed by atoms with Crippen LogP contribution in [0.1, 0.15) is 35.7 Å². The Morgan fingerprint density at radius 3 is 2.79 bits per heavy atom. The van der Waals surface area contributed by atoms with E-state index in [1.54, 1.807) is 42.6 Å². The molecule has 2 aromatic rings. The third-order valence-corrected chi connectivity index (χ3v) is 8.09. The van der Waals surface area contributed by atoms with Gasteiger partial charge in [-0.05, 0) is 55.8 Å². The Bertz CT molecular complexity index is 986. The summed E-state index contributed by atoms with van der Waals surface area (Å²) in [5.41, 5.74) is 1.70. The van der Waals surface area contributed by atoms with Crippen molar-refractivity contribution in [1.82, 2.24) is 4.31 Å². The van der Waals surface area contributed by atoms with Crippen molar-refractivity contribution in [3.8, 4) is 0 Å². The van der Waals surface area contributed by atoms with E-state index >= 15 is 0 Å². The summed E-state index contributed by atoms with van der Waals surface area (Å²) < 4.78 is 32.2. The minimum atomic E-state index is -3.58. The predicted molar refractivity (Wildman–Crippen MR) is 112 cm³/mol. The first-order chi connectivity index (χ1) is 13.8. The molecule has 1 aromatic carbocycles. The van der Waals surface area contributed by atoms with Crippen molar-refractivity contribution in [2.75, 3.05) is 25.0 Å². The number of sulfonamides is 1. The molecule has 0 spiro atoms. The molecular formula is C20H24N2O5S2. The number of carbonyl (C=O) groups excluding carboxylic acids is 2. The van der Waals surface area contributed by atoms with Gasteiger partial charge < -0.3 is 10.1 Å². The summed E-state index contributed by atoms with van der Waals surface area (Å²) >= 11 is 1.17. The molecule has 0 radical (unpaired) electrons. The van der Waals surface area contributed by atoms with Crippen molar-refractivity contribution in [3.63, 3.8) is 0 Å². The highest BCUT2D eigenvalue weighted by Crippen LogP contribution is 2.27. The van der Waals surface area contributed by atoms with E-state index < -0.39 is 21.9 Å². The monoisotopic (exact) mass is 436 g/mol. The van der Waals surface area contributed by atoms with Crippen molar-refractivity contribution in [3.05, 3.63) is 46.8 Å². The molecule has 29 heavy (non-hydrogen) atoms. The molecule has 1 fully saturated rings. The van der Waals surface area contributed by atoms with Gasteiger partial charge in [-0.25, -0.2) is 13.2 Å². The van der Waals surface area contributed by atoms with Crippen molar-refractivity contribution in [2.24, 2.45) is 5.92 Å². The molecule has 1 amide bonds. The Labute approximate surface area is 174 Å². The van der Waals surface area contributed by atoms with E-state index in [2.05, 4.69) is 5.32 Å². The van der Waals surface area contributed by atoms with Gasteiger partial charge in [-0.1, -0.05) is 12.1 Å². The summed E-state index contributed by atoms with van der Waals surface area (Å²) in [5, 5.41) is 4.58. The standard InChI is InChI=1S/C20H24N2O5S2/c1-3-27-20(24)15-9-8-14(2)17(12-15)21-19(23)16-6-4-10-22(13-16)29(25,26)18-7-5-11-28-18/h5,7-9,11-12,16H,3-4,6,10,13H2,1-2H3,(H,21,23)/t16-/m1/s1. The lowest BCUT2D eigenvalue weighted by molar-refractivity contribution is -0.120. The van der Waals surface area contributed by atoms with Crippen molar-refractivity contribution in [1.29, 1.82) is 0 Å². The number of carbonyl (C=O) groups is 2. The molecule has 1 aliphatic heterocycles. The minimum absolute atomic E-state index is 0.142. The molecule has 3 rings (SSSR count). The molecule has 0 saturated carbocycles. The number of esters is 1. The first kappa shape index (κ1) is 21.5. The van der Waals surface area contributed by atoms with E-state index in [-0.39, 0.29) is 23.3 Å². The van der Waals surface area contributed by atoms with Gasteiger partial charge in [0.1, 0.15) is 4.21 Å². The molecule has 2 heterocycles. The molecule has 7 nitrogen and oxygen atoms in total. The van der Waals surface area contributed by atoms with Gasteiger partial charge in [0, 0.05) is 18.8 Å². The van der Waals surface area contributed by atoms with Gasteiger partial charge in [0.2, 0.25) is 5.91 Å². The predicted octanol–water partition coefficient (Wildman–Crippen LogP) is 3.27. The molecule has 1 saturated heterocycles. The maximum atomic E-state index is 12.8. The second-order valence-electron chi connectivity index (χ2n) is 6.87. The molecule has 0 bridgehead atoms. The van der Waals surface area contributed by atoms with Gasteiger partial charge >= 0.3 is 5.97 Å². The van der Waals surface area contributed by atoms with Crippen molar-refractivity contribution in [2.45, 2.75) is 30.9 Å². The van der Waals surface area contributed by atoms with E-state index in [1.165, 1.54) is 15.6 Å². The van der Waals surface area contributed by atoms with Gasteiger partial charge in [0.25, 0.3) is 10.0 Å². The number of nitrogens with zero attached hydrogens (tertiary/aromatic N) is 1. The molecule has 9 heteroatoms. The number of aryl methyl sites for hydroxylation is 1. The highest BCUT2D eigenvalue weighted by atomic mass is 32.2. The van der Waals surface area contributed by atoms with Crippen LogP contribution in [0.4, 0.5) is 5.69 Å². The van der Waals surface area contributed by atoms with E-state index in [4.69, 9.17) is 4.74 Å². The average molecular weight is 437 g/mol. The fraction of sp³-hybridized carbons (Fsp3) is 0.400. The van der Waals surface area contributed by atoms with Crippen LogP contribution in [0.5, 0.6) is 0 Å². The third kappa shape index (κ3) is 4.85. The molecule has 0 unspecified atom stereocenters. The van der Waals surface area contributed by atoms with E-state index in [0.29, 0.717) is 30.6 Å². The summed E-state index contributed by atoms with van der Waals surface area (Å²) in [6.07, 6.45) is 1.23. The number of nitrogens with one attached hydrogen (secondary N) is 1. The van der Waals surface area contributed by atoms with Crippen LogP contribution in [0, 0.1) is 12.8 Å². The third-order valence-electron chi connectivity index (χ3n) is 4.85. The lowest BCUT2D eigenvalue weighted by Gasteiger charge is -2.31. The maximum absolute atomic E-state index is 12.8. The van der Waals surface area contributed by atoms with Gasteiger partial charge in [-0.2, -0.15) is 4.31 Å². The zero-order valence-electron chi connectivity index (χ0n) is 16.4. The zero-order chi connectivity index (χ0) is 21.0. The topological polar surface area (TPSA) is 92.8 Å². The molecular weight excluding hydrogens is 412 g/mol. The first-order valence-corrected chi connectivity index (χ1v) is 11.8. The van der Waals surface area contributed by atoms with Gasteiger partial charge in [0.15, 0.2) is 0 Å². The number of rotatable bonds is 6. The van der Waals surface area contributed by atoms with Crippen LogP contribution in [0.15, 0.2) is 39.9 Å². The maximum Gasteiger partial charge on any atom is 0.338 e. The first-order valence-electron chi connectivity index (χ1n) is 9.45. The SMILES string of the molecule is CCOC(=O)c1ccc(C)c(NC(=O)[C@@H]2CCCN(S(=O)(=O)c3cccs3)C2)c1. The molecule has 1 aromatic heterocycles. The van der Waals surface area contributed by atoms with Crippen LogP contribution in [-0.4, -0.2) is 44.3 Å². The summed E-state index contributed by atoms with van der Waals surface area (Å²) in [5.74, 6) is -1.15. The summed E-state index contributed by atoms with van der Waals surface area (Å²) in [7, 11) is -3.58. The number of hydrogen-bond acceptors (Lipinski definition) is 6. The molecule has 1 aliphatic rings. The number of piperidine rings is 1. The lowest BCUT2D eigenvalue weighted by atomic mass is 9.98. The van der Waals surface area contributed by atoms with E-state index in [0.717, 1.165) is 5.56 Å². The minimum Gasteiger partial charge on any atom is -0.462 e. The van der Waals surface area contributed by atoms with Gasteiger partial charge in [0.05, 0.1) is 18.1 Å².